The van der Waals surface area contributed by atoms with Crippen molar-refractivity contribution in [3.63, 3.8) is 0 Å². The van der Waals surface area contributed by atoms with Crippen LogP contribution in [0.5, 0.6) is 0 Å². The summed E-state index contributed by atoms with van der Waals surface area (Å²) >= 11 is 0. The highest BCUT2D eigenvalue weighted by atomic mass is 14.7. The van der Waals surface area contributed by atoms with E-state index in [1.165, 1.54) is 0 Å². The van der Waals surface area contributed by atoms with Gasteiger partial charge in [0.05, 0.1) is 1.37 Å². The normalized spacial score (nSPS) is 11.9. The monoisotopic (exact) mass is 133 g/mol. The molecule has 0 aliphatic carbocycles. The highest BCUT2D eigenvalue weighted by Crippen LogP contribution is 2.15. The number of aromatic nitrogens is 1. The lowest BCUT2D eigenvalue weighted by molar-refractivity contribution is 1.43. The van der Waals surface area contributed by atoms with Gasteiger partial charge in [-0.05, 0) is 18.6 Å². The first-order valence-corrected chi connectivity index (χ1v) is 3.33. The molecule has 1 heteroatoms. The van der Waals surface area contributed by atoms with E-state index >= 15 is 0 Å². The molecule has 0 radical (unpaired) electrons. The van der Waals surface area contributed by atoms with Gasteiger partial charge in [0.15, 0.2) is 0 Å². The molecule has 2 aromatic rings. The molecule has 1 heterocycles. The lowest BCUT2D eigenvalue weighted by Gasteiger charge is -1.86. The minimum atomic E-state index is 0.520. The van der Waals surface area contributed by atoms with Gasteiger partial charge in [0, 0.05) is 17.1 Å². The van der Waals surface area contributed by atoms with E-state index in [1.807, 2.05) is 31.2 Å². The van der Waals surface area contributed by atoms with Crippen LogP contribution in [0, 0.1) is 6.92 Å². The molecule has 1 nitrogen and oxygen atoms in total. The zero-order valence-electron chi connectivity index (χ0n) is 6.81. The molecule has 50 valence electrons. The minimum Gasteiger partial charge on any atom is -0.361 e. The maximum absolute atomic E-state index is 7.49. The number of para-hydroxylation sites is 1. The third kappa shape index (κ3) is 0.637. The van der Waals surface area contributed by atoms with Crippen molar-refractivity contribution in [1.82, 2.24) is 4.98 Å². The van der Waals surface area contributed by atoms with E-state index < -0.39 is 0 Å². The Morgan fingerprint density at radius 1 is 1.40 bits per heavy atom. The van der Waals surface area contributed by atoms with Gasteiger partial charge in [0.25, 0.3) is 0 Å². The zero-order chi connectivity index (χ0) is 7.84. The molecule has 0 unspecified atom stereocenters. The van der Waals surface area contributed by atoms with Crippen LogP contribution < -0.4 is 0 Å². The van der Waals surface area contributed by atoms with Crippen LogP contribution in [-0.2, 0) is 0 Å². The highest BCUT2D eigenvalue weighted by Gasteiger charge is 1.94. The summed E-state index contributed by atoms with van der Waals surface area (Å²) in [7, 11) is 0. The first-order chi connectivity index (χ1) is 5.29. The van der Waals surface area contributed by atoms with Crippen molar-refractivity contribution >= 4 is 10.9 Å². The Morgan fingerprint density at radius 3 is 3.00 bits per heavy atom. The molecule has 0 saturated heterocycles. The molecule has 0 spiro atoms. The molecule has 1 N–H and O–H groups in total. The number of H-pyrrole nitrogens is 1. The zero-order valence-corrected chi connectivity index (χ0v) is 5.81. The summed E-state index contributed by atoms with van der Waals surface area (Å²) < 4.78 is 7.49. The minimum absolute atomic E-state index is 0.520. The lowest BCUT2D eigenvalue weighted by atomic mass is 10.2. The van der Waals surface area contributed by atoms with Crippen LogP contribution in [0.2, 0.25) is 0 Å². The van der Waals surface area contributed by atoms with Gasteiger partial charge in [-0.15, -0.1) is 0 Å². The molecule has 0 fully saturated rings. The second-order valence-corrected chi connectivity index (χ2v) is 2.42. The van der Waals surface area contributed by atoms with Crippen LogP contribution in [0.3, 0.4) is 0 Å². The molecule has 0 atom stereocenters. The third-order valence-corrected chi connectivity index (χ3v) is 1.72. The van der Waals surface area contributed by atoms with Crippen molar-refractivity contribution in [1.29, 1.82) is 0 Å². The standard InChI is InChI=1S/C9H9N/c1-7-6-10-9-5-3-2-4-8(7)9/h2-6,10H,1H3/i6T. The fourth-order valence-electron chi connectivity index (χ4n) is 1.15. The molecule has 0 saturated carbocycles. The quantitative estimate of drug-likeness (QED) is 0.568. The topological polar surface area (TPSA) is 15.8 Å². The third-order valence-electron chi connectivity index (χ3n) is 1.72. The van der Waals surface area contributed by atoms with Gasteiger partial charge < -0.3 is 4.98 Å². The van der Waals surface area contributed by atoms with Gasteiger partial charge in [0.1, 0.15) is 0 Å². The van der Waals surface area contributed by atoms with Crippen LogP contribution in [0.25, 0.3) is 10.9 Å². The Bertz CT molecular complexity index is 389. The number of nitrogens with one attached hydrogen (secondary N) is 1. The summed E-state index contributed by atoms with van der Waals surface area (Å²) in [4.78, 5) is 2.99. The highest BCUT2D eigenvalue weighted by molar-refractivity contribution is 5.82. The van der Waals surface area contributed by atoms with Crippen LogP contribution in [-0.4, -0.2) is 4.98 Å². The van der Waals surface area contributed by atoms with Crippen molar-refractivity contribution in [3.8, 4) is 0 Å². The summed E-state index contributed by atoms with van der Waals surface area (Å²) in [5.41, 5.74) is 2.08. The Hall–Kier alpha value is -1.24. The SMILES string of the molecule is [3H]c1[nH]c2ccccc2c1C. The Kier molecular flexibility index (Phi) is 0.853. The summed E-state index contributed by atoms with van der Waals surface area (Å²) in [6.07, 6.45) is 0.520. The molecular formula is C9H9N. The molecule has 0 amide bonds. The molecule has 0 aliphatic rings. The Labute approximate surface area is 61.1 Å². The molecular weight excluding hydrogens is 122 g/mol. The summed E-state index contributed by atoms with van der Waals surface area (Å²) in [5, 5.41) is 1.15. The molecule has 2 rings (SSSR count). The predicted molar refractivity (Wildman–Crippen MR) is 43.0 cm³/mol. The predicted octanol–water partition coefficient (Wildman–Crippen LogP) is 2.48. The number of benzene rings is 1. The maximum atomic E-state index is 7.49. The van der Waals surface area contributed by atoms with Gasteiger partial charge in [-0.3, -0.25) is 0 Å². The summed E-state index contributed by atoms with van der Waals surface area (Å²) in [6.45, 7) is 1.96. The van der Waals surface area contributed by atoms with Crippen molar-refractivity contribution in [2.45, 2.75) is 6.92 Å². The lowest BCUT2D eigenvalue weighted by Crippen LogP contribution is -1.64. The van der Waals surface area contributed by atoms with E-state index in [0.29, 0.717) is 6.17 Å². The fourth-order valence-corrected chi connectivity index (χ4v) is 1.15. The van der Waals surface area contributed by atoms with Crippen LogP contribution in [0.4, 0.5) is 0 Å². The second-order valence-electron chi connectivity index (χ2n) is 2.42. The molecule has 1 aromatic carbocycles. The molecule has 0 aliphatic heterocycles. The summed E-state index contributed by atoms with van der Waals surface area (Å²) in [5.74, 6) is 0. The second kappa shape index (κ2) is 1.87. The number of aryl methyl sites for hydroxylation is 1. The van der Waals surface area contributed by atoms with Gasteiger partial charge >= 0.3 is 0 Å². The number of aromatic amines is 1. The molecule has 0 bridgehead atoms. The molecule has 10 heavy (non-hydrogen) atoms. The van der Waals surface area contributed by atoms with Gasteiger partial charge in [-0.2, -0.15) is 0 Å². The number of hydrogen-bond acceptors (Lipinski definition) is 0. The van der Waals surface area contributed by atoms with Crippen molar-refractivity contribution in [2.75, 3.05) is 0 Å². The van der Waals surface area contributed by atoms with E-state index in [2.05, 4.69) is 4.98 Å². The molecule has 1 aromatic heterocycles. The van der Waals surface area contributed by atoms with E-state index in [1.54, 1.807) is 0 Å². The maximum Gasteiger partial charge on any atom is 0.0819 e. The summed E-state index contributed by atoms with van der Waals surface area (Å²) in [6, 6.07) is 7.97. The van der Waals surface area contributed by atoms with Crippen LogP contribution in [0.15, 0.2) is 30.4 Å². The van der Waals surface area contributed by atoms with Gasteiger partial charge in [0.2, 0.25) is 0 Å². The average molecular weight is 133 g/mol. The number of hydrogen-bond donors (Lipinski definition) is 1. The van der Waals surface area contributed by atoms with Crippen molar-refractivity contribution in [3.05, 3.63) is 36.0 Å². The number of fused-ring (bicyclic) bond motifs is 1. The first kappa shape index (κ1) is 4.56. The van der Waals surface area contributed by atoms with E-state index in [0.717, 1.165) is 16.5 Å². The average Bonchev–Trinajstić information content (AvgIpc) is 2.30. The Morgan fingerprint density at radius 2 is 2.20 bits per heavy atom. The Balaban J connectivity index is 2.92. The number of rotatable bonds is 0. The van der Waals surface area contributed by atoms with Crippen LogP contribution >= 0.6 is 0 Å². The first-order valence-electron chi connectivity index (χ1n) is 3.83. The van der Waals surface area contributed by atoms with E-state index in [4.69, 9.17) is 1.37 Å². The van der Waals surface area contributed by atoms with E-state index in [9.17, 15) is 0 Å². The van der Waals surface area contributed by atoms with Crippen molar-refractivity contribution in [2.24, 2.45) is 0 Å². The smallest absolute Gasteiger partial charge is 0.0819 e. The van der Waals surface area contributed by atoms with E-state index in [-0.39, 0.29) is 0 Å². The van der Waals surface area contributed by atoms with Crippen molar-refractivity contribution < 1.29 is 1.37 Å². The van der Waals surface area contributed by atoms with Gasteiger partial charge in [-0.1, -0.05) is 18.2 Å². The van der Waals surface area contributed by atoms with Gasteiger partial charge in [-0.25, -0.2) is 0 Å². The van der Waals surface area contributed by atoms with Crippen LogP contribution in [0.1, 0.15) is 6.93 Å². The largest absolute Gasteiger partial charge is 0.361 e. The fraction of sp³-hybridized carbons (Fsp3) is 0.111.